The maximum Gasteiger partial charge on any atom is 0.421 e. The standard InChI is InChI=1S/C25H29F3N4O2/c1-23(2,3)33-18-12-10-16(11-13-18)31-22-29-15-20(25(26,27)28)21(32-22)30-17-8-7-9-19(14-17)34-24(4,5)6/h7-15H,1-6H3,(H2,29,30,31,32). The van der Waals surface area contributed by atoms with Crippen molar-refractivity contribution >= 4 is 23.1 Å². The predicted octanol–water partition coefficient (Wildman–Crippen LogP) is 7.34. The molecule has 1 heterocycles. The van der Waals surface area contributed by atoms with E-state index in [9.17, 15) is 13.2 Å². The van der Waals surface area contributed by atoms with Crippen LogP contribution in [0.5, 0.6) is 11.5 Å². The van der Waals surface area contributed by atoms with Crippen LogP contribution in [0.2, 0.25) is 0 Å². The molecule has 0 saturated carbocycles. The Balaban J connectivity index is 1.85. The second kappa shape index (κ2) is 9.40. The fourth-order valence-corrected chi connectivity index (χ4v) is 2.96. The molecule has 3 rings (SSSR count). The minimum Gasteiger partial charge on any atom is -0.488 e. The zero-order chi connectivity index (χ0) is 25.1. The number of nitrogens with one attached hydrogen (secondary N) is 2. The van der Waals surface area contributed by atoms with E-state index in [1.807, 2.05) is 41.5 Å². The number of anilines is 4. The van der Waals surface area contributed by atoms with Crippen LogP contribution in [0.1, 0.15) is 47.1 Å². The monoisotopic (exact) mass is 474 g/mol. The molecule has 0 unspecified atom stereocenters. The number of benzene rings is 2. The molecule has 3 aromatic rings. The first-order chi connectivity index (χ1) is 15.7. The van der Waals surface area contributed by atoms with Gasteiger partial charge in [0.2, 0.25) is 5.95 Å². The van der Waals surface area contributed by atoms with E-state index in [4.69, 9.17) is 9.47 Å². The molecule has 6 nitrogen and oxygen atoms in total. The maximum atomic E-state index is 13.6. The lowest BCUT2D eigenvalue weighted by Gasteiger charge is -2.22. The third-order valence-corrected chi connectivity index (χ3v) is 4.15. The molecule has 0 atom stereocenters. The lowest BCUT2D eigenvalue weighted by Crippen LogP contribution is -2.22. The molecule has 2 aromatic carbocycles. The zero-order valence-corrected chi connectivity index (χ0v) is 20.0. The van der Waals surface area contributed by atoms with Crippen LogP contribution in [0.4, 0.5) is 36.3 Å². The summed E-state index contributed by atoms with van der Waals surface area (Å²) in [6.45, 7) is 11.5. The number of aromatic nitrogens is 2. The van der Waals surface area contributed by atoms with Crippen LogP contribution in [0.25, 0.3) is 0 Å². The van der Waals surface area contributed by atoms with Gasteiger partial charge in [-0.15, -0.1) is 0 Å². The van der Waals surface area contributed by atoms with Crippen LogP contribution in [-0.2, 0) is 6.18 Å². The fraction of sp³-hybridized carbons (Fsp3) is 0.360. The highest BCUT2D eigenvalue weighted by molar-refractivity contribution is 5.64. The number of rotatable bonds is 6. The molecule has 182 valence electrons. The smallest absolute Gasteiger partial charge is 0.421 e. The Morgan fingerprint density at radius 2 is 1.35 bits per heavy atom. The van der Waals surface area contributed by atoms with Crippen LogP contribution in [0.3, 0.4) is 0 Å². The van der Waals surface area contributed by atoms with Gasteiger partial charge in [-0.1, -0.05) is 6.07 Å². The molecule has 0 aliphatic carbocycles. The van der Waals surface area contributed by atoms with Crippen LogP contribution in [-0.4, -0.2) is 21.2 Å². The van der Waals surface area contributed by atoms with E-state index in [0.29, 0.717) is 22.9 Å². The molecule has 0 spiro atoms. The summed E-state index contributed by atoms with van der Waals surface area (Å²) in [5.74, 6) is 0.842. The number of alkyl halides is 3. The molecule has 2 N–H and O–H groups in total. The van der Waals surface area contributed by atoms with Gasteiger partial charge in [-0.2, -0.15) is 18.2 Å². The molecule has 0 radical (unpaired) electrons. The number of hydrogen-bond donors (Lipinski definition) is 2. The Hall–Kier alpha value is -3.49. The van der Waals surface area contributed by atoms with Crippen molar-refractivity contribution in [3.05, 3.63) is 60.3 Å². The first-order valence-corrected chi connectivity index (χ1v) is 10.7. The van der Waals surface area contributed by atoms with E-state index >= 15 is 0 Å². The van der Waals surface area contributed by atoms with Crippen molar-refractivity contribution in [3.63, 3.8) is 0 Å². The van der Waals surface area contributed by atoms with Crippen LogP contribution in [0, 0.1) is 0 Å². The van der Waals surface area contributed by atoms with Gasteiger partial charge in [0.1, 0.15) is 34.1 Å². The summed E-state index contributed by atoms with van der Waals surface area (Å²) in [7, 11) is 0. The summed E-state index contributed by atoms with van der Waals surface area (Å²) in [6.07, 6.45) is -3.88. The minimum absolute atomic E-state index is 0.0158. The van der Waals surface area contributed by atoms with E-state index < -0.39 is 17.3 Å². The minimum atomic E-state index is -4.63. The van der Waals surface area contributed by atoms with Gasteiger partial charge in [-0.25, -0.2) is 4.98 Å². The molecule has 0 amide bonds. The van der Waals surface area contributed by atoms with Crippen molar-refractivity contribution in [3.8, 4) is 11.5 Å². The molecule has 1 aromatic heterocycles. The van der Waals surface area contributed by atoms with Crippen molar-refractivity contribution < 1.29 is 22.6 Å². The van der Waals surface area contributed by atoms with Gasteiger partial charge < -0.3 is 20.1 Å². The Morgan fingerprint density at radius 3 is 1.94 bits per heavy atom. The SMILES string of the molecule is CC(C)(C)Oc1ccc(Nc2ncc(C(F)(F)F)c(Nc3cccc(OC(C)(C)C)c3)n2)cc1. The zero-order valence-electron chi connectivity index (χ0n) is 20.0. The topological polar surface area (TPSA) is 68.3 Å². The van der Waals surface area contributed by atoms with Crippen LogP contribution < -0.4 is 20.1 Å². The number of ether oxygens (including phenoxy) is 2. The van der Waals surface area contributed by atoms with Gasteiger partial charge in [0.15, 0.2) is 0 Å². The van der Waals surface area contributed by atoms with Gasteiger partial charge in [-0.05, 0) is 77.9 Å². The number of hydrogen-bond acceptors (Lipinski definition) is 6. The number of halogens is 3. The Kier molecular flexibility index (Phi) is 6.95. The molecular formula is C25H29F3N4O2. The van der Waals surface area contributed by atoms with Crippen LogP contribution in [0.15, 0.2) is 54.7 Å². The van der Waals surface area contributed by atoms with Crippen LogP contribution >= 0.6 is 0 Å². The lowest BCUT2D eigenvalue weighted by atomic mass is 10.2. The molecule has 0 aliphatic heterocycles. The fourth-order valence-electron chi connectivity index (χ4n) is 2.96. The van der Waals surface area contributed by atoms with Crippen molar-refractivity contribution in [1.29, 1.82) is 0 Å². The van der Waals surface area contributed by atoms with Gasteiger partial charge in [0, 0.05) is 23.6 Å². The molecule has 0 bridgehead atoms. The molecular weight excluding hydrogens is 445 g/mol. The van der Waals surface area contributed by atoms with E-state index in [2.05, 4.69) is 20.6 Å². The first-order valence-electron chi connectivity index (χ1n) is 10.7. The Bertz CT molecular complexity index is 1120. The quantitative estimate of drug-likeness (QED) is 0.390. The highest BCUT2D eigenvalue weighted by atomic mass is 19.4. The average molecular weight is 475 g/mol. The normalized spacial score (nSPS) is 12.3. The van der Waals surface area contributed by atoms with E-state index in [0.717, 1.165) is 6.20 Å². The summed E-state index contributed by atoms with van der Waals surface area (Å²) in [6, 6.07) is 13.7. The van der Waals surface area contributed by atoms with Crippen molar-refractivity contribution in [2.45, 2.75) is 58.9 Å². The molecule has 9 heteroatoms. The lowest BCUT2D eigenvalue weighted by molar-refractivity contribution is -0.137. The summed E-state index contributed by atoms with van der Waals surface area (Å²) in [5, 5.41) is 5.69. The molecule has 0 saturated heterocycles. The van der Waals surface area contributed by atoms with Crippen molar-refractivity contribution in [2.24, 2.45) is 0 Å². The largest absolute Gasteiger partial charge is 0.488 e. The molecule has 0 aliphatic rings. The predicted molar refractivity (Wildman–Crippen MR) is 127 cm³/mol. The first kappa shape index (κ1) is 25.1. The van der Waals surface area contributed by atoms with Gasteiger partial charge in [-0.3, -0.25) is 0 Å². The van der Waals surface area contributed by atoms with Gasteiger partial charge >= 0.3 is 6.18 Å². The van der Waals surface area contributed by atoms with E-state index in [1.165, 1.54) is 0 Å². The Labute approximate surface area is 197 Å². The Morgan fingerprint density at radius 1 is 0.735 bits per heavy atom. The highest BCUT2D eigenvalue weighted by Crippen LogP contribution is 2.36. The summed E-state index contributed by atoms with van der Waals surface area (Å²) < 4.78 is 52.4. The van der Waals surface area contributed by atoms with Crippen molar-refractivity contribution in [2.75, 3.05) is 10.6 Å². The molecule has 34 heavy (non-hydrogen) atoms. The summed E-state index contributed by atoms with van der Waals surface area (Å²) >= 11 is 0. The summed E-state index contributed by atoms with van der Waals surface area (Å²) in [4.78, 5) is 7.94. The van der Waals surface area contributed by atoms with E-state index in [1.54, 1.807) is 48.5 Å². The second-order valence-electron chi connectivity index (χ2n) is 9.68. The van der Waals surface area contributed by atoms with Gasteiger partial charge in [0.25, 0.3) is 0 Å². The third kappa shape index (κ3) is 7.54. The second-order valence-corrected chi connectivity index (χ2v) is 9.68. The number of nitrogens with zero attached hydrogens (tertiary/aromatic N) is 2. The highest BCUT2D eigenvalue weighted by Gasteiger charge is 2.35. The van der Waals surface area contributed by atoms with Gasteiger partial charge in [0.05, 0.1) is 0 Å². The summed E-state index contributed by atoms with van der Waals surface area (Å²) in [5.41, 5.74) is -0.765. The molecule has 0 fully saturated rings. The average Bonchev–Trinajstić information content (AvgIpc) is 2.66. The third-order valence-electron chi connectivity index (χ3n) is 4.15. The van der Waals surface area contributed by atoms with Crippen molar-refractivity contribution in [1.82, 2.24) is 9.97 Å². The maximum absolute atomic E-state index is 13.6. The van der Waals surface area contributed by atoms with E-state index in [-0.39, 0.29) is 17.4 Å².